The van der Waals surface area contributed by atoms with Gasteiger partial charge in [0.05, 0.1) is 0 Å². The fourth-order valence-electron chi connectivity index (χ4n) is 1.89. The van der Waals surface area contributed by atoms with Crippen LogP contribution in [0.15, 0.2) is 0 Å². The molecule has 56 valence electrons. The number of rotatable bonds is 0. The molecule has 0 radical (unpaired) electrons. The molecule has 1 aliphatic heterocycles. The van der Waals surface area contributed by atoms with Gasteiger partial charge in [-0.15, -0.1) is 0 Å². The number of hydrogen-bond donors (Lipinski definition) is 1. The topological polar surface area (TPSA) is 29.1 Å². The van der Waals surface area contributed by atoms with Crippen LogP contribution in [0.1, 0.15) is 32.6 Å². The van der Waals surface area contributed by atoms with Crippen LogP contribution in [0.3, 0.4) is 0 Å². The Kier molecular flexibility index (Phi) is 1.15. The Morgan fingerprint density at radius 3 is 2.80 bits per heavy atom. The summed E-state index contributed by atoms with van der Waals surface area (Å²) in [7, 11) is 0. The van der Waals surface area contributed by atoms with E-state index in [1.54, 1.807) is 0 Å². The molecule has 1 saturated carbocycles. The molecular weight excluding hydrogens is 126 g/mol. The van der Waals surface area contributed by atoms with Crippen molar-refractivity contribution < 1.29 is 4.79 Å². The number of ketones is 1. The predicted octanol–water partition coefficient (Wildman–Crippen LogP) is 0.860. The lowest BCUT2D eigenvalue weighted by Gasteiger charge is -2.27. The average Bonchev–Trinajstić information content (AvgIpc) is 2.44. The Morgan fingerprint density at radius 1 is 1.60 bits per heavy atom. The highest BCUT2D eigenvalue weighted by Gasteiger charge is 2.47. The fraction of sp³-hybridized carbons (Fsp3) is 0.875. The summed E-state index contributed by atoms with van der Waals surface area (Å²) in [5.74, 6) is 0.448. The molecule has 2 nitrogen and oxygen atoms in total. The smallest absolute Gasteiger partial charge is 0.136 e. The van der Waals surface area contributed by atoms with Gasteiger partial charge in [-0.1, -0.05) is 0 Å². The van der Waals surface area contributed by atoms with E-state index in [1.165, 1.54) is 12.8 Å². The minimum absolute atomic E-state index is 0.273. The largest absolute Gasteiger partial charge is 0.308 e. The van der Waals surface area contributed by atoms with E-state index in [-0.39, 0.29) is 5.54 Å². The minimum Gasteiger partial charge on any atom is -0.308 e. The molecule has 0 aromatic heterocycles. The van der Waals surface area contributed by atoms with Crippen molar-refractivity contribution in [2.75, 3.05) is 0 Å². The van der Waals surface area contributed by atoms with E-state index in [0.29, 0.717) is 11.8 Å². The van der Waals surface area contributed by atoms with Gasteiger partial charge < -0.3 is 5.32 Å². The third-order valence-corrected chi connectivity index (χ3v) is 2.48. The Bertz CT molecular complexity index is 172. The number of carbonyl (C=O) groups excluding carboxylic acids is 1. The molecule has 0 amide bonds. The lowest BCUT2D eigenvalue weighted by atomic mass is 9.97. The summed E-state index contributed by atoms with van der Waals surface area (Å²) in [5.41, 5.74) is 0.273. The molecule has 1 atom stereocenters. The summed E-state index contributed by atoms with van der Waals surface area (Å²) in [6.07, 6.45) is 3.95. The Morgan fingerprint density at radius 2 is 2.30 bits per heavy atom. The highest BCUT2D eigenvalue weighted by atomic mass is 16.1. The molecule has 2 heteroatoms. The number of hydrogen-bond acceptors (Lipinski definition) is 2. The first-order chi connectivity index (χ1) is 4.70. The van der Waals surface area contributed by atoms with Gasteiger partial charge in [-0.25, -0.2) is 0 Å². The van der Waals surface area contributed by atoms with Crippen molar-refractivity contribution in [1.29, 1.82) is 0 Å². The van der Waals surface area contributed by atoms with Crippen LogP contribution in [-0.4, -0.2) is 17.4 Å². The Labute approximate surface area is 61.0 Å². The molecule has 2 fully saturated rings. The van der Waals surface area contributed by atoms with Crippen LogP contribution in [0, 0.1) is 0 Å². The maximum atomic E-state index is 11.1. The lowest BCUT2D eigenvalue weighted by molar-refractivity contribution is -0.121. The monoisotopic (exact) mass is 139 g/mol. The predicted molar refractivity (Wildman–Crippen MR) is 38.8 cm³/mol. The van der Waals surface area contributed by atoms with Gasteiger partial charge in [-0.3, -0.25) is 4.79 Å². The quantitative estimate of drug-likeness (QED) is 0.539. The van der Waals surface area contributed by atoms with Gasteiger partial charge in [0.1, 0.15) is 5.78 Å². The van der Waals surface area contributed by atoms with Gasteiger partial charge in [0.2, 0.25) is 0 Å². The SMILES string of the molecule is C[C@H]1CC(=O)CC2(CC2)N1. The van der Waals surface area contributed by atoms with Crippen LogP contribution >= 0.6 is 0 Å². The Hall–Kier alpha value is -0.370. The van der Waals surface area contributed by atoms with Gasteiger partial charge in [-0.05, 0) is 19.8 Å². The molecule has 2 rings (SSSR count). The van der Waals surface area contributed by atoms with Crippen LogP contribution in [0.4, 0.5) is 0 Å². The van der Waals surface area contributed by atoms with Crippen molar-refractivity contribution in [2.45, 2.75) is 44.2 Å². The van der Waals surface area contributed by atoms with Crippen molar-refractivity contribution in [2.24, 2.45) is 0 Å². The maximum Gasteiger partial charge on any atom is 0.136 e. The van der Waals surface area contributed by atoms with E-state index in [4.69, 9.17) is 0 Å². The van der Waals surface area contributed by atoms with Gasteiger partial charge >= 0.3 is 0 Å². The maximum absolute atomic E-state index is 11.1. The standard InChI is InChI=1S/C8H13NO/c1-6-4-7(10)5-8(9-6)2-3-8/h6,9H,2-5H2,1H3/t6-/m0/s1. The molecule has 0 bridgehead atoms. The zero-order chi connectivity index (χ0) is 7.19. The van der Waals surface area contributed by atoms with E-state index in [9.17, 15) is 4.79 Å². The summed E-state index contributed by atoms with van der Waals surface area (Å²) in [6.45, 7) is 2.09. The van der Waals surface area contributed by atoms with E-state index in [0.717, 1.165) is 12.8 Å². The second-order valence-corrected chi connectivity index (χ2v) is 3.75. The van der Waals surface area contributed by atoms with E-state index in [2.05, 4.69) is 12.2 Å². The third kappa shape index (κ3) is 0.966. The van der Waals surface area contributed by atoms with Crippen molar-refractivity contribution in [3.8, 4) is 0 Å². The van der Waals surface area contributed by atoms with Crippen molar-refractivity contribution in [3.63, 3.8) is 0 Å². The summed E-state index contributed by atoms with van der Waals surface area (Å²) in [4.78, 5) is 11.1. The van der Waals surface area contributed by atoms with Crippen molar-refractivity contribution >= 4 is 5.78 Å². The highest BCUT2D eigenvalue weighted by molar-refractivity contribution is 5.81. The first-order valence-corrected chi connectivity index (χ1v) is 4.00. The van der Waals surface area contributed by atoms with Crippen LogP contribution in [-0.2, 0) is 4.79 Å². The molecule has 1 heterocycles. The van der Waals surface area contributed by atoms with Gasteiger partial charge in [-0.2, -0.15) is 0 Å². The number of piperidine rings is 1. The van der Waals surface area contributed by atoms with Crippen LogP contribution in [0.2, 0.25) is 0 Å². The van der Waals surface area contributed by atoms with Crippen LogP contribution < -0.4 is 5.32 Å². The van der Waals surface area contributed by atoms with Gasteiger partial charge in [0.25, 0.3) is 0 Å². The first-order valence-electron chi connectivity index (χ1n) is 4.00. The van der Waals surface area contributed by atoms with Crippen LogP contribution in [0.5, 0.6) is 0 Å². The summed E-state index contributed by atoms with van der Waals surface area (Å²) in [5, 5.41) is 3.48. The molecular formula is C8H13NO. The van der Waals surface area contributed by atoms with Crippen LogP contribution in [0.25, 0.3) is 0 Å². The second kappa shape index (κ2) is 1.82. The molecule has 0 aromatic carbocycles. The van der Waals surface area contributed by atoms with Gasteiger partial charge in [0, 0.05) is 24.4 Å². The zero-order valence-electron chi connectivity index (χ0n) is 6.31. The highest BCUT2D eigenvalue weighted by Crippen LogP contribution is 2.41. The molecule has 2 aliphatic rings. The summed E-state index contributed by atoms with van der Waals surface area (Å²) < 4.78 is 0. The molecule has 1 spiro atoms. The van der Waals surface area contributed by atoms with E-state index < -0.39 is 0 Å². The lowest BCUT2D eigenvalue weighted by Crippen LogP contribution is -2.46. The molecule has 1 saturated heterocycles. The number of nitrogens with one attached hydrogen (secondary N) is 1. The normalized spacial score (nSPS) is 36.5. The van der Waals surface area contributed by atoms with E-state index in [1.807, 2.05) is 0 Å². The second-order valence-electron chi connectivity index (χ2n) is 3.75. The molecule has 1 aliphatic carbocycles. The fourth-order valence-corrected chi connectivity index (χ4v) is 1.89. The minimum atomic E-state index is 0.273. The third-order valence-electron chi connectivity index (χ3n) is 2.48. The van der Waals surface area contributed by atoms with E-state index >= 15 is 0 Å². The molecule has 1 N–H and O–H groups in total. The summed E-state index contributed by atoms with van der Waals surface area (Å²) >= 11 is 0. The Balaban J connectivity index is 2.07. The molecule has 0 unspecified atom stereocenters. The number of Topliss-reactive ketones (excluding diaryl/α,β-unsaturated/α-hetero) is 1. The molecule has 10 heavy (non-hydrogen) atoms. The summed E-state index contributed by atoms with van der Waals surface area (Å²) in [6, 6.07) is 0.420. The zero-order valence-corrected chi connectivity index (χ0v) is 6.31. The van der Waals surface area contributed by atoms with Gasteiger partial charge in [0.15, 0.2) is 0 Å². The van der Waals surface area contributed by atoms with Crippen molar-refractivity contribution in [3.05, 3.63) is 0 Å². The average molecular weight is 139 g/mol. The first kappa shape index (κ1) is 6.35. The number of carbonyl (C=O) groups is 1. The van der Waals surface area contributed by atoms with Crippen molar-refractivity contribution in [1.82, 2.24) is 5.32 Å². The molecule has 0 aromatic rings.